The van der Waals surface area contributed by atoms with Crippen molar-refractivity contribution in [3.63, 3.8) is 0 Å². The van der Waals surface area contributed by atoms with Gasteiger partial charge in [-0.25, -0.2) is 0 Å². The number of carboxylic acid groups (broad SMARTS) is 1. The molecule has 9 nitrogen and oxygen atoms in total. The van der Waals surface area contributed by atoms with Crippen molar-refractivity contribution >= 4 is 17.9 Å². The maximum absolute atomic E-state index is 12.9. The summed E-state index contributed by atoms with van der Waals surface area (Å²) in [5, 5.41) is 11.8. The van der Waals surface area contributed by atoms with Gasteiger partial charge in [-0.1, -0.05) is 222 Å². The molecule has 0 aliphatic rings. The number of esters is 2. The molecule has 0 aliphatic heterocycles. The number of quaternary nitrogens is 1. The molecule has 0 aromatic heterocycles. The summed E-state index contributed by atoms with van der Waals surface area (Å²) in [5.41, 5.74) is 0. The number of unbranched alkanes of at least 4 members (excludes halogenated alkanes) is 26. The van der Waals surface area contributed by atoms with Gasteiger partial charge in [0.2, 0.25) is 0 Å². The number of likely N-dealkylation sites (N-methyl/N-ethyl adjacent to an activating group) is 1. The number of aliphatic carboxylic acids is 1. The average Bonchev–Trinajstić information content (AvgIpc) is 3.34. The van der Waals surface area contributed by atoms with E-state index in [0.717, 1.165) is 83.5 Å². The van der Waals surface area contributed by atoms with E-state index in [4.69, 9.17) is 18.9 Å². The van der Waals surface area contributed by atoms with Crippen molar-refractivity contribution in [2.24, 2.45) is 0 Å². The topological polar surface area (TPSA) is 111 Å². The highest BCUT2D eigenvalue weighted by molar-refractivity contribution is 5.70. The van der Waals surface area contributed by atoms with E-state index in [9.17, 15) is 19.5 Å². The number of carbonyl (C=O) groups is 3. The van der Waals surface area contributed by atoms with E-state index in [-0.39, 0.29) is 38.6 Å². The number of ether oxygens (including phenoxy) is 4. The van der Waals surface area contributed by atoms with Gasteiger partial charge in [0, 0.05) is 12.8 Å². The van der Waals surface area contributed by atoms with Crippen LogP contribution in [0.1, 0.15) is 245 Å². The third-order valence-electron chi connectivity index (χ3n) is 12.4. The van der Waals surface area contributed by atoms with E-state index in [1.807, 2.05) is 21.1 Å². The summed E-state index contributed by atoms with van der Waals surface area (Å²) in [6, 6.07) is 0. The van der Waals surface area contributed by atoms with Gasteiger partial charge in [-0.2, -0.15) is 0 Å². The Hall–Kier alpha value is -3.27. The van der Waals surface area contributed by atoms with Crippen LogP contribution in [0.2, 0.25) is 0 Å². The lowest BCUT2D eigenvalue weighted by molar-refractivity contribution is -0.870. The maximum atomic E-state index is 12.9. The smallest absolute Gasteiger partial charge is 0.306 e. The largest absolute Gasteiger partial charge is 0.545 e. The Balaban J connectivity index is 4.21. The second kappa shape index (κ2) is 53.0. The highest BCUT2D eigenvalue weighted by Crippen LogP contribution is 2.16. The molecular weight excluding hydrogens is 887 g/mol. The van der Waals surface area contributed by atoms with Gasteiger partial charge >= 0.3 is 11.9 Å². The summed E-state index contributed by atoms with van der Waals surface area (Å²) in [5.74, 6) is -2.30. The van der Waals surface area contributed by atoms with Crippen molar-refractivity contribution in [2.45, 2.75) is 257 Å². The van der Waals surface area contributed by atoms with E-state index in [1.165, 1.54) is 128 Å². The lowest BCUT2D eigenvalue weighted by atomic mass is 10.0. The zero-order valence-corrected chi connectivity index (χ0v) is 46.6. The fraction of sp³-hybridized carbons (Fsp3) is 0.758. The predicted molar refractivity (Wildman–Crippen MR) is 297 cm³/mol. The van der Waals surface area contributed by atoms with Crippen molar-refractivity contribution in [3.05, 3.63) is 72.9 Å². The van der Waals surface area contributed by atoms with Gasteiger partial charge in [-0.3, -0.25) is 9.59 Å². The molecule has 0 aromatic carbocycles. The lowest BCUT2D eigenvalue weighted by Crippen LogP contribution is -2.44. The summed E-state index contributed by atoms with van der Waals surface area (Å²) in [6.07, 6.45) is 65.2. The standard InChI is InChI=1S/C62H109NO8/c1-6-8-10-12-14-16-18-20-22-24-25-26-27-28-29-30-31-32-33-34-35-37-39-41-43-45-47-49-51-53-60(65)71-58(57-70-62(61(66)67)68-55-54-63(3,4)5)56-69-59(64)52-50-48-46-44-42-40-38-36-23-21-19-17-15-13-11-9-7-2/h9,11,15,17-18,20-21,23-25,27-28,58,62H,6-8,10,12-14,16,19,22,26,29-57H2,1-5H3/b11-9-,17-15-,20-18-,23-21-,25-24-,28-27-. The Labute approximate surface area is 437 Å². The summed E-state index contributed by atoms with van der Waals surface area (Å²) < 4.78 is 22.7. The van der Waals surface area contributed by atoms with E-state index >= 15 is 0 Å². The first-order chi connectivity index (χ1) is 34.6. The van der Waals surface area contributed by atoms with Crippen LogP contribution in [0.25, 0.3) is 0 Å². The maximum Gasteiger partial charge on any atom is 0.306 e. The van der Waals surface area contributed by atoms with Crippen LogP contribution in [0.15, 0.2) is 72.9 Å². The number of carboxylic acids is 1. The van der Waals surface area contributed by atoms with Gasteiger partial charge in [0.15, 0.2) is 12.4 Å². The zero-order chi connectivity index (χ0) is 52.0. The van der Waals surface area contributed by atoms with Crippen molar-refractivity contribution in [2.75, 3.05) is 47.5 Å². The van der Waals surface area contributed by atoms with E-state index < -0.39 is 24.3 Å². The summed E-state index contributed by atoms with van der Waals surface area (Å²) in [7, 11) is 5.92. The molecule has 0 heterocycles. The number of hydrogen-bond donors (Lipinski definition) is 0. The highest BCUT2D eigenvalue weighted by Gasteiger charge is 2.22. The Morgan fingerprint density at radius 1 is 0.437 bits per heavy atom. The molecule has 9 heteroatoms. The zero-order valence-electron chi connectivity index (χ0n) is 46.6. The number of nitrogens with zero attached hydrogens (tertiary/aromatic N) is 1. The van der Waals surface area contributed by atoms with Crippen LogP contribution in [0, 0.1) is 0 Å². The summed E-state index contributed by atoms with van der Waals surface area (Å²) in [6.45, 7) is 4.62. The van der Waals surface area contributed by atoms with Gasteiger partial charge in [-0.15, -0.1) is 0 Å². The Morgan fingerprint density at radius 2 is 0.803 bits per heavy atom. The molecule has 0 radical (unpaired) electrons. The Morgan fingerprint density at radius 3 is 1.20 bits per heavy atom. The molecular formula is C62H109NO8. The van der Waals surface area contributed by atoms with Gasteiger partial charge in [0.1, 0.15) is 13.2 Å². The molecule has 0 saturated carbocycles. The van der Waals surface area contributed by atoms with E-state index in [0.29, 0.717) is 17.4 Å². The van der Waals surface area contributed by atoms with Gasteiger partial charge in [0.05, 0.1) is 40.3 Å². The quantitative estimate of drug-likeness (QED) is 0.0195. The van der Waals surface area contributed by atoms with Crippen molar-refractivity contribution in [1.29, 1.82) is 0 Å². The molecule has 0 spiro atoms. The number of allylic oxidation sites excluding steroid dienone is 12. The molecule has 71 heavy (non-hydrogen) atoms. The molecule has 0 amide bonds. The second-order valence-electron chi connectivity index (χ2n) is 20.5. The molecule has 2 unspecified atom stereocenters. The van der Waals surface area contributed by atoms with Gasteiger partial charge < -0.3 is 33.3 Å². The monoisotopic (exact) mass is 996 g/mol. The van der Waals surface area contributed by atoms with Crippen molar-refractivity contribution < 1.29 is 42.9 Å². The van der Waals surface area contributed by atoms with Crippen LogP contribution in [0.4, 0.5) is 0 Å². The predicted octanol–water partition coefficient (Wildman–Crippen LogP) is 15.7. The first kappa shape index (κ1) is 67.7. The van der Waals surface area contributed by atoms with Crippen LogP contribution in [-0.4, -0.2) is 82.3 Å². The van der Waals surface area contributed by atoms with Crippen LogP contribution < -0.4 is 5.11 Å². The fourth-order valence-corrected chi connectivity index (χ4v) is 7.97. The number of hydrogen-bond acceptors (Lipinski definition) is 8. The number of rotatable bonds is 53. The van der Waals surface area contributed by atoms with Gasteiger partial charge in [0.25, 0.3) is 0 Å². The van der Waals surface area contributed by atoms with E-state index in [2.05, 4.69) is 86.8 Å². The highest BCUT2D eigenvalue weighted by atomic mass is 16.7. The average molecular weight is 997 g/mol. The third kappa shape index (κ3) is 54.3. The van der Waals surface area contributed by atoms with Crippen molar-refractivity contribution in [3.8, 4) is 0 Å². The summed E-state index contributed by atoms with van der Waals surface area (Å²) >= 11 is 0. The second-order valence-corrected chi connectivity index (χ2v) is 20.5. The van der Waals surface area contributed by atoms with Crippen LogP contribution in [-0.2, 0) is 33.3 Å². The first-order valence-corrected chi connectivity index (χ1v) is 29.1. The third-order valence-corrected chi connectivity index (χ3v) is 12.4. The molecule has 0 aromatic rings. The minimum atomic E-state index is -1.63. The molecule has 0 aliphatic carbocycles. The fourth-order valence-electron chi connectivity index (χ4n) is 7.97. The number of carbonyl (C=O) groups excluding carboxylic acids is 3. The van der Waals surface area contributed by atoms with E-state index in [1.54, 1.807) is 0 Å². The molecule has 0 bridgehead atoms. The Kier molecular flexibility index (Phi) is 50.6. The molecule has 0 rings (SSSR count). The van der Waals surface area contributed by atoms with Crippen molar-refractivity contribution in [1.82, 2.24) is 0 Å². The normalized spacial score (nSPS) is 13.3. The molecule has 0 fully saturated rings. The first-order valence-electron chi connectivity index (χ1n) is 29.1. The molecule has 2 atom stereocenters. The molecule has 410 valence electrons. The molecule has 0 N–H and O–H groups in total. The molecule has 0 saturated heterocycles. The minimum Gasteiger partial charge on any atom is -0.545 e. The van der Waals surface area contributed by atoms with Gasteiger partial charge in [-0.05, 0) is 83.5 Å². The lowest BCUT2D eigenvalue weighted by Gasteiger charge is -2.26. The van der Waals surface area contributed by atoms with Crippen LogP contribution in [0.3, 0.4) is 0 Å². The summed E-state index contributed by atoms with van der Waals surface area (Å²) in [4.78, 5) is 37.3. The van der Waals surface area contributed by atoms with Crippen LogP contribution in [0.5, 0.6) is 0 Å². The Bertz CT molecular complexity index is 1390. The minimum absolute atomic E-state index is 0.143. The van der Waals surface area contributed by atoms with Crippen LogP contribution >= 0.6 is 0 Å². The SMILES string of the molecule is CC/C=C\C/C=C\C/C=C\CCCCCCCCCC(=O)OCC(COC(OCC[N+](C)(C)C)C(=O)[O-])OC(=O)CCCCCCCCCCCCCCCC/C=C\C/C=C\C/C=C\CCCCCCC.